The molecule has 1 saturated heterocycles. The van der Waals surface area contributed by atoms with Gasteiger partial charge in [-0.3, -0.25) is 4.79 Å². The van der Waals surface area contributed by atoms with E-state index in [1.165, 1.54) is 12.4 Å². The molecule has 1 fully saturated rings. The lowest BCUT2D eigenvalue weighted by molar-refractivity contribution is 0.0535. The van der Waals surface area contributed by atoms with E-state index in [9.17, 15) is 9.18 Å². The highest BCUT2D eigenvalue weighted by Gasteiger charge is 2.35. The van der Waals surface area contributed by atoms with E-state index >= 15 is 4.39 Å². The number of hydrogen-bond donors (Lipinski definition) is 1. The second-order valence-electron chi connectivity index (χ2n) is 8.55. The quantitative estimate of drug-likeness (QED) is 0.388. The van der Waals surface area contributed by atoms with Gasteiger partial charge in [0.15, 0.2) is 11.4 Å². The lowest BCUT2D eigenvalue weighted by Gasteiger charge is -2.40. The van der Waals surface area contributed by atoms with Gasteiger partial charge in [0.1, 0.15) is 17.2 Å². The molecule has 0 aliphatic carbocycles. The Labute approximate surface area is 205 Å². The van der Waals surface area contributed by atoms with Gasteiger partial charge in [-0.25, -0.2) is 18.7 Å². The molecule has 5 rings (SSSR count). The van der Waals surface area contributed by atoms with Crippen molar-refractivity contribution < 1.29 is 18.0 Å². The fourth-order valence-corrected chi connectivity index (χ4v) is 4.69. The van der Waals surface area contributed by atoms with Crippen LogP contribution in [0, 0.1) is 17.6 Å². The first-order valence-electron chi connectivity index (χ1n) is 11.3. The molecule has 1 amide bonds. The van der Waals surface area contributed by atoms with Crippen molar-refractivity contribution in [1.82, 2.24) is 19.9 Å². The molecule has 180 valence electrons. The van der Waals surface area contributed by atoms with Gasteiger partial charge < -0.3 is 14.6 Å². The summed E-state index contributed by atoms with van der Waals surface area (Å²) in [5.74, 6) is -2.12. The first kappa shape index (κ1) is 23.2. The van der Waals surface area contributed by atoms with Crippen LogP contribution in [-0.4, -0.2) is 44.9 Å². The number of nitrogens with zero attached hydrogens (tertiary/aromatic N) is 4. The average Bonchev–Trinajstić information content (AvgIpc) is 3.26. The van der Waals surface area contributed by atoms with Crippen LogP contribution < -0.4 is 5.32 Å². The molecular weight excluding hydrogens is 476 g/mol. The maximum Gasteiger partial charge on any atom is 0.295 e. The SMILES string of the molecule is CC1CCCN(C(=O)c2c(F)ccc(F)c2-c2ncccn2)C1CNc1nc2ccc(Cl)cc2o1. The van der Waals surface area contributed by atoms with Crippen molar-refractivity contribution in [2.45, 2.75) is 25.8 Å². The molecule has 0 bridgehead atoms. The Morgan fingerprint density at radius 1 is 1.20 bits per heavy atom. The van der Waals surface area contributed by atoms with Crippen LogP contribution in [0.1, 0.15) is 30.1 Å². The summed E-state index contributed by atoms with van der Waals surface area (Å²) in [4.78, 5) is 27.8. The molecule has 2 aromatic heterocycles. The van der Waals surface area contributed by atoms with E-state index in [1.807, 2.05) is 6.92 Å². The lowest BCUT2D eigenvalue weighted by Crippen LogP contribution is -2.51. The molecule has 2 aromatic carbocycles. The van der Waals surface area contributed by atoms with E-state index in [1.54, 1.807) is 29.2 Å². The number of piperidine rings is 1. The van der Waals surface area contributed by atoms with Crippen LogP contribution in [0.3, 0.4) is 0 Å². The van der Waals surface area contributed by atoms with Crippen LogP contribution in [0.4, 0.5) is 14.8 Å². The zero-order valence-corrected chi connectivity index (χ0v) is 19.6. The number of carbonyl (C=O) groups excluding carboxylic acids is 1. The second-order valence-corrected chi connectivity index (χ2v) is 8.99. The molecule has 4 aromatic rings. The Hall–Kier alpha value is -3.59. The number of anilines is 1. The minimum Gasteiger partial charge on any atom is -0.424 e. The van der Waals surface area contributed by atoms with Gasteiger partial charge in [0, 0.05) is 36.6 Å². The zero-order chi connectivity index (χ0) is 24.5. The van der Waals surface area contributed by atoms with Crippen molar-refractivity contribution in [1.29, 1.82) is 0 Å². The molecule has 2 unspecified atom stereocenters. The van der Waals surface area contributed by atoms with Crippen LogP contribution in [0.15, 0.2) is 53.2 Å². The summed E-state index contributed by atoms with van der Waals surface area (Å²) in [6.07, 6.45) is 4.48. The first-order valence-corrected chi connectivity index (χ1v) is 11.7. The summed E-state index contributed by atoms with van der Waals surface area (Å²) in [5, 5.41) is 3.69. The summed E-state index contributed by atoms with van der Waals surface area (Å²) in [6, 6.07) is 8.65. The van der Waals surface area contributed by atoms with Gasteiger partial charge in [0.2, 0.25) is 0 Å². The number of oxazole rings is 1. The predicted octanol–water partition coefficient (Wildman–Crippen LogP) is 5.57. The third kappa shape index (κ3) is 4.55. The van der Waals surface area contributed by atoms with Crippen molar-refractivity contribution in [3.05, 3.63) is 71.0 Å². The van der Waals surface area contributed by atoms with Crippen molar-refractivity contribution in [3.63, 3.8) is 0 Å². The summed E-state index contributed by atoms with van der Waals surface area (Å²) >= 11 is 6.02. The number of benzene rings is 2. The Morgan fingerprint density at radius 3 is 2.77 bits per heavy atom. The third-order valence-electron chi connectivity index (χ3n) is 6.30. The Kier molecular flexibility index (Phi) is 6.34. The van der Waals surface area contributed by atoms with Crippen molar-refractivity contribution in [3.8, 4) is 11.4 Å². The number of carbonyl (C=O) groups is 1. The Balaban J connectivity index is 1.45. The number of aromatic nitrogens is 3. The lowest BCUT2D eigenvalue weighted by atomic mass is 9.89. The van der Waals surface area contributed by atoms with E-state index in [4.69, 9.17) is 16.0 Å². The minimum absolute atomic E-state index is 0.0438. The molecule has 1 aliphatic rings. The van der Waals surface area contributed by atoms with Crippen LogP contribution >= 0.6 is 11.6 Å². The molecule has 35 heavy (non-hydrogen) atoms. The number of halogens is 3. The van der Waals surface area contributed by atoms with E-state index < -0.39 is 17.5 Å². The standard InChI is InChI=1S/C25H22ClF2N5O2/c1-14-4-2-11-33(19(14)13-31-25-32-18-8-5-15(26)12-20(18)35-25)24(34)22-17(28)7-6-16(27)21(22)23-29-9-3-10-30-23/h3,5-10,12,14,19H,2,4,11,13H2,1H3,(H,31,32). The van der Waals surface area contributed by atoms with Gasteiger partial charge in [0.05, 0.1) is 17.2 Å². The zero-order valence-electron chi connectivity index (χ0n) is 18.8. The van der Waals surface area contributed by atoms with Crippen LogP contribution in [0.25, 0.3) is 22.5 Å². The highest BCUT2D eigenvalue weighted by molar-refractivity contribution is 6.31. The second kappa shape index (κ2) is 9.58. The van der Waals surface area contributed by atoms with E-state index in [0.717, 1.165) is 25.0 Å². The molecule has 3 heterocycles. The largest absolute Gasteiger partial charge is 0.424 e. The van der Waals surface area contributed by atoms with E-state index in [2.05, 4.69) is 20.3 Å². The summed E-state index contributed by atoms with van der Waals surface area (Å²) in [7, 11) is 0. The third-order valence-corrected chi connectivity index (χ3v) is 6.53. The fraction of sp³-hybridized carbons (Fsp3) is 0.280. The molecule has 7 nitrogen and oxygen atoms in total. The fourth-order valence-electron chi connectivity index (χ4n) is 4.53. The average molecular weight is 498 g/mol. The predicted molar refractivity (Wildman–Crippen MR) is 128 cm³/mol. The van der Waals surface area contributed by atoms with Crippen LogP contribution in [0.5, 0.6) is 0 Å². The number of rotatable bonds is 5. The topological polar surface area (TPSA) is 84.2 Å². The van der Waals surface area contributed by atoms with Crippen molar-refractivity contribution in [2.24, 2.45) is 5.92 Å². The van der Waals surface area contributed by atoms with Gasteiger partial charge >= 0.3 is 0 Å². The van der Waals surface area contributed by atoms with Crippen molar-refractivity contribution in [2.75, 3.05) is 18.4 Å². The number of fused-ring (bicyclic) bond motifs is 1. The molecule has 0 radical (unpaired) electrons. The van der Waals surface area contributed by atoms with Crippen LogP contribution in [0.2, 0.25) is 5.02 Å². The van der Waals surface area contributed by atoms with Gasteiger partial charge in [-0.1, -0.05) is 18.5 Å². The number of hydrogen-bond acceptors (Lipinski definition) is 6. The molecule has 1 aliphatic heterocycles. The number of likely N-dealkylation sites (tertiary alicyclic amines) is 1. The monoisotopic (exact) mass is 497 g/mol. The highest BCUT2D eigenvalue weighted by atomic mass is 35.5. The molecular formula is C25H22ClF2N5O2. The minimum atomic E-state index is -0.820. The number of nitrogens with one attached hydrogen (secondary N) is 1. The van der Waals surface area contributed by atoms with Gasteiger partial charge in [-0.2, -0.15) is 4.98 Å². The highest BCUT2D eigenvalue weighted by Crippen LogP contribution is 2.31. The Morgan fingerprint density at radius 2 is 1.97 bits per heavy atom. The van der Waals surface area contributed by atoms with Gasteiger partial charge in [-0.05, 0) is 49.1 Å². The van der Waals surface area contributed by atoms with E-state index in [0.29, 0.717) is 35.2 Å². The molecule has 2 atom stereocenters. The maximum absolute atomic E-state index is 15.0. The van der Waals surface area contributed by atoms with Gasteiger partial charge in [0.25, 0.3) is 11.9 Å². The summed E-state index contributed by atoms with van der Waals surface area (Å²) in [6.45, 7) is 2.76. The van der Waals surface area contributed by atoms with Crippen molar-refractivity contribution >= 4 is 34.6 Å². The molecule has 1 N–H and O–H groups in total. The summed E-state index contributed by atoms with van der Waals surface area (Å²) < 4.78 is 35.6. The Bertz CT molecular complexity index is 1380. The molecule has 10 heteroatoms. The molecule has 0 saturated carbocycles. The van der Waals surface area contributed by atoms with Crippen LogP contribution in [-0.2, 0) is 0 Å². The smallest absolute Gasteiger partial charge is 0.295 e. The maximum atomic E-state index is 15.0. The van der Waals surface area contributed by atoms with Gasteiger partial charge in [-0.15, -0.1) is 0 Å². The summed E-state index contributed by atoms with van der Waals surface area (Å²) in [5.41, 5.74) is 0.581. The van der Waals surface area contributed by atoms with E-state index in [-0.39, 0.29) is 28.9 Å². The first-order chi connectivity index (χ1) is 16.9. The normalized spacial score (nSPS) is 18.1. The number of amides is 1. The molecule has 0 spiro atoms.